The highest BCUT2D eigenvalue weighted by Gasteiger charge is 2.42. The molecule has 2 N–H and O–H groups in total. The van der Waals surface area contributed by atoms with Crippen LogP contribution in [0.5, 0.6) is 0 Å². The molecule has 1 fully saturated rings. The molecule has 0 radical (unpaired) electrons. The molecule has 51 heavy (non-hydrogen) atoms. The SMILES string of the molecule is CCC1=C(N2CCN(C(=O)c3nccc4cc[nH]c34)CC2)C(=O)N2CC=C(C3=CCOCC3)N=C2N1CC(=O)Nc1ccc(C(F)(F)F)cc1Cl. The number of hydrogen-bond donors (Lipinski definition) is 2. The average molecular weight is 723 g/mol. The first-order chi connectivity index (χ1) is 24.5. The Kier molecular flexibility index (Phi) is 9.33. The maximum atomic E-state index is 14.3. The molecule has 0 spiro atoms. The number of fused-ring (bicyclic) bond motifs is 2. The first kappa shape index (κ1) is 34.3. The van der Waals surface area contributed by atoms with Gasteiger partial charge in [0.2, 0.25) is 11.9 Å². The van der Waals surface area contributed by atoms with Crippen molar-refractivity contribution in [1.29, 1.82) is 0 Å². The second-order valence-corrected chi connectivity index (χ2v) is 12.7. The van der Waals surface area contributed by atoms with E-state index in [1.807, 2.05) is 36.1 Å². The summed E-state index contributed by atoms with van der Waals surface area (Å²) in [4.78, 5) is 60.6. The highest BCUT2D eigenvalue weighted by molar-refractivity contribution is 6.33. The number of H-pyrrole nitrogens is 1. The number of aromatic amines is 1. The molecule has 16 heteroatoms. The van der Waals surface area contributed by atoms with Crippen molar-refractivity contribution in [2.45, 2.75) is 25.9 Å². The van der Waals surface area contributed by atoms with Gasteiger partial charge in [-0.05, 0) is 54.8 Å². The summed E-state index contributed by atoms with van der Waals surface area (Å²) in [6.07, 6.45) is 3.58. The highest BCUT2D eigenvalue weighted by Crippen LogP contribution is 2.35. The number of carbonyl (C=O) groups excluding carboxylic acids is 3. The first-order valence-corrected chi connectivity index (χ1v) is 16.9. The number of carbonyl (C=O) groups is 3. The van der Waals surface area contributed by atoms with E-state index in [0.717, 1.165) is 29.2 Å². The molecular formula is C35H34ClF3N8O4. The van der Waals surface area contributed by atoms with Crippen molar-refractivity contribution in [1.82, 2.24) is 29.6 Å². The summed E-state index contributed by atoms with van der Waals surface area (Å²) in [5, 5.41) is 3.25. The van der Waals surface area contributed by atoms with Crippen LogP contribution < -0.4 is 5.32 Å². The number of halogens is 4. The highest BCUT2D eigenvalue weighted by atomic mass is 35.5. The van der Waals surface area contributed by atoms with Gasteiger partial charge in [-0.1, -0.05) is 24.6 Å². The Hall–Kier alpha value is -5.15. The Labute approximate surface area is 295 Å². The van der Waals surface area contributed by atoms with Gasteiger partial charge in [0.15, 0.2) is 5.69 Å². The van der Waals surface area contributed by atoms with Crippen LogP contribution in [0.15, 0.2) is 82.5 Å². The molecular weight excluding hydrogens is 689 g/mol. The fraction of sp³-hybridized carbons (Fsp3) is 0.343. The summed E-state index contributed by atoms with van der Waals surface area (Å²) >= 11 is 6.16. The third-order valence-corrected chi connectivity index (χ3v) is 9.59. The quantitative estimate of drug-likeness (QED) is 0.352. The Balaban J connectivity index is 1.17. The standard InChI is InChI=1S/C35H34ClF3N8O4/c1-2-27-31(44-13-15-45(16-14-44)32(49)30-29-22(5-10-40-29)6-11-41-30)33(50)46-12-7-25(21-8-17-51-18-9-21)43-34(46)47(27)20-28(48)42-26-4-3-23(19-24(26)36)35(37,38)39/h3-8,10-11,19,40H,2,9,12-18,20H2,1H3,(H,42,48). The zero-order chi connectivity index (χ0) is 35.9. The Bertz CT molecular complexity index is 2030. The molecule has 3 amide bonds. The minimum atomic E-state index is -4.59. The number of alkyl halides is 3. The van der Waals surface area contributed by atoms with Gasteiger partial charge in [0.05, 0.1) is 46.4 Å². The second-order valence-electron chi connectivity index (χ2n) is 12.3. The molecule has 12 nitrogen and oxygen atoms in total. The molecule has 0 unspecified atom stereocenters. The van der Waals surface area contributed by atoms with Gasteiger partial charge in [0, 0.05) is 50.5 Å². The first-order valence-electron chi connectivity index (χ1n) is 16.5. The summed E-state index contributed by atoms with van der Waals surface area (Å²) in [6, 6.07) is 6.42. The number of pyridine rings is 1. The Morgan fingerprint density at radius 1 is 1.10 bits per heavy atom. The number of guanidine groups is 1. The number of benzene rings is 1. The molecule has 1 saturated heterocycles. The van der Waals surface area contributed by atoms with Crippen molar-refractivity contribution in [3.8, 4) is 0 Å². The van der Waals surface area contributed by atoms with Gasteiger partial charge < -0.3 is 29.7 Å². The lowest BCUT2D eigenvalue weighted by Gasteiger charge is -2.45. The van der Waals surface area contributed by atoms with Crippen LogP contribution in [0.4, 0.5) is 18.9 Å². The summed E-state index contributed by atoms with van der Waals surface area (Å²) in [5.74, 6) is -0.783. The third-order valence-electron chi connectivity index (χ3n) is 9.28. The van der Waals surface area contributed by atoms with Crippen molar-refractivity contribution in [2.75, 3.05) is 57.8 Å². The van der Waals surface area contributed by atoms with E-state index in [4.69, 9.17) is 21.3 Å². The number of aliphatic imine (C=N–C) groups is 1. The fourth-order valence-electron chi connectivity index (χ4n) is 6.71. The largest absolute Gasteiger partial charge is 0.416 e. The molecule has 0 atom stereocenters. The van der Waals surface area contributed by atoms with Crippen LogP contribution in [0.25, 0.3) is 10.9 Å². The van der Waals surface area contributed by atoms with Crippen LogP contribution in [0, 0.1) is 0 Å². The van der Waals surface area contributed by atoms with Crippen LogP contribution in [-0.4, -0.2) is 106 Å². The van der Waals surface area contributed by atoms with Crippen molar-refractivity contribution in [2.24, 2.45) is 4.99 Å². The molecule has 6 heterocycles. The zero-order valence-electron chi connectivity index (χ0n) is 27.6. The van der Waals surface area contributed by atoms with Crippen molar-refractivity contribution >= 4 is 51.9 Å². The van der Waals surface area contributed by atoms with E-state index in [0.29, 0.717) is 80.5 Å². The molecule has 0 saturated carbocycles. The lowest BCUT2D eigenvalue weighted by Crippen LogP contribution is -2.59. The molecule has 7 rings (SSSR count). The van der Waals surface area contributed by atoms with E-state index >= 15 is 0 Å². The van der Waals surface area contributed by atoms with Crippen LogP contribution in [0.3, 0.4) is 0 Å². The number of allylic oxidation sites excluding steroid dienone is 2. The van der Waals surface area contributed by atoms with Gasteiger partial charge in [0.25, 0.3) is 11.8 Å². The maximum Gasteiger partial charge on any atom is 0.416 e. The summed E-state index contributed by atoms with van der Waals surface area (Å²) in [6.45, 7) is 4.13. The molecule has 4 aliphatic heterocycles. The minimum Gasteiger partial charge on any atom is -0.377 e. The van der Waals surface area contributed by atoms with Gasteiger partial charge in [-0.25, -0.2) is 9.98 Å². The Morgan fingerprint density at radius 3 is 2.61 bits per heavy atom. The van der Waals surface area contributed by atoms with Crippen LogP contribution in [-0.2, 0) is 20.5 Å². The van der Waals surface area contributed by atoms with Gasteiger partial charge in [-0.15, -0.1) is 0 Å². The number of hydrogen-bond acceptors (Lipinski definition) is 8. The molecule has 0 aliphatic carbocycles. The lowest BCUT2D eigenvalue weighted by molar-refractivity contribution is -0.137. The Morgan fingerprint density at radius 2 is 1.90 bits per heavy atom. The molecule has 2 aromatic heterocycles. The maximum absolute atomic E-state index is 14.3. The van der Waals surface area contributed by atoms with Gasteiger partial charge in [-0.3, -0.25) is 19.3 Å². The van der Waals surface area contributed by atoms with Crippen molar-refractivity contribution in [3.63, 3.8) is 0 Å². The molecule has 266 valence electrons. The monoisotopic (exact) mass is 722 g/mol. The number of nitrogens with zero attached hydrogens (tertiary/aromatic N) is 6. The van der Waals surface area contributed by atoms with E-state index in [9.17, 15) is 27.6 Å². The fourth-order valence-corrected chi connectivity index (χ4v) is 6.94. The molecule has 0 bridgehead atoms. The smallest absolute Gasteiger partial charge is 0.377 e. The number of piperazine rings is 1. The number of ether oxygens (including phenoxy) is 1. The molecule has 1 aromatic carbocycles. The molecule has 4 aliphatic rings. The normalized spacial score (nSPS) is 18.5. The topological polar surface area (TPSA) is 126 Å². The van der Waals surface area contributed by atoms with E-state index < -0.39 is 17.6 Å². The van der Waals surface area contributed by atoms with Crippen LogP contribution >= 0.6 is 11.6 Å². The number of rotatable bonds is 7. The summed E-state index contributed by atoms with van der Waals surface area (Å²) in [5.41, 5.74) is 2.69. The number of aromatic nitrogens is 2. The van der Waals surface area contributed by atoms with Crippen LogP contribution in [0.1, 0.15) is 35.8 Å². The zero-order valence-corrected chi connectivity index (χ0v) is 28.4. The number of nitrogens with one attached hydrogen (secondary N) is 2. The van der Waals surface area contributed by atoms with Crippen molar-refractivity contribution < 1.29 is 32.3 Å². The molecule has 3 aromatic rings. The average Bonchev–Trinajstić information content (AvgIpc) is 3.62. The third kappa shape index (κ3) is 6.70. The van der Waals surface area contributed by atoms with Crippen LogP contribution in [0.2, 0.25) is 5.02 Å². The van der Waals surface area contributed by atoms with E-state index in [2.05, 4.69) is 15.3 Å². The summed E-state index contributed by atoms with van der Waals surface area (Å²) < 4.78 is 45.2. The lowest BCUT2D eigenvalue weighted by atomic mass is 10.0. The second kappa shape index (κ2) is 13.9. The predicted molar refractivity (Wildman–Crippen MR) is 183 cm³/mol. The number of anilines is 1. The number of amides is 3. The van der Waals surface area contributed by atoms with E-state index in [-0.39, 0.29) is 41.6 Å². The van der Waals surface area contributed by atoms with E-state index in [1.54, 1.807) is 22.2 Å². The van der Waals surface area contributed by atoms with E-state index in [1.165, 1.54) is 4.90 Å². The van der Waals surface area contributed by atoms with Gasteiger partial charge in [0.1, 0.15) is 12.2 Å². The minimum absolute atomic E-state index is 0.0192. The predicted octanol–water partition coefficient (Wildman–Crippen LogP) is 5.00. The van der Waals surface area contributed by atoms with Crippen molar-refractivity contribution in [3.05, 3.63) is 93.8 Å². The summed E-state index contributed by atoms with van der Waals surface area (Å²) in [7, 11) is 0. The van der Waals surface area contributed by atoms with Gasteiger partial charge >= 0.3 is 6.18 Å². The van der Waals surface area contributed by atoms with Gasteiger partial charge in [-0.2, -0.15) is 13.2 Å².